The van der Waals surface area contributed by atoms with Crippen LogP contribution >= 0.6 is 0 Å². The number of hydrogen-bond acceptors (Lipinski definition) is 2. The topological polar surface area (TPSA) is 35.2 Å². The molecule has 20 heavy (non-hydrogen) atoms. The lowest BCUT2D eigenvalue weighted by Crippen LogP contribution is -2.30. The van der Waals surface area contributed by atoms with E-state index in [0.717, 1.165) is 24.8 Å². The minimum absolute atomic E-state index is 0.126. The first-order valence-electron chi connectivity index (χ1n) is 7.39. The zero-order valence-corrected chi connectivity index (χ0v) is 12.0. The van der Waals surface area contributed by atoms with E-state index in [4.69, 9.17) is 10.5 Å². The van der Waals surface area contributed by atoms with Crippen molar-refractivity contribution in [1.29, 1.82) is 0 Å². The minimum atomic E-state index is -0.316. The predicted octanol–water partition coefficient (Wildman–Crippen LogP) is 3.48. The van der Waals surface area contributed by atoms with Crippen molar-refractivity contribution in [1.82, 2.24) is 0 Å². The van der Waals surface area contributed by atoms with E-state index in [1.54, 1.807) is 12.1 Å². The van der Waals surface area contributed by atoms with Crippen LogP contribution in [0.3, 0.4) is 0 Å². The fourth-order valence-electron chi connectivity index (χ4n) is 2.78. The second-order valence-electron chi connectivity index (χ2n) is 5.26. The highest BCUT2D eigenvalue weighted by Crippen LogP contribution is 2.31. The standard InChI is InChI=1S/C17H22FNO/c1-2-14-7-3-4-8-16(14)20-17-12-13(6-5-11-19)9-10-15(17)18/h9-10,12,14,16H,2-4,7-8,11,19H2,1H3. The van der Waals surface area contributed by atoms with Crippen LogP contribution < -0.4 is 10.5 Å². The number of rotatable bonds is 3. The summed E-state index contributed by atoms with van der Waals surface area (Å²) >= 11 is 0. The lowest BCUT2D eigenvalue weighted by Gasteiger charge is -2.31. The van der Waals surface area contributed by atoms with E-state index < -0.39 is 0 Å². The molecular formula is C17H22FNO. The van der Waals surface area contributed by atoms with Gasteiger partial charge in [0.1, 0.15) is 6.10 Å². The lowest BCUT2D eigenvalue weighted by molar-refractivity contribution is 0.0863. The first-order chi connectivity index (χ1) is 9.74. The Morgan fingerprint density at radius 2 is 2.15 bits per heavy atom. The second-order valence-corrected chi connectivity index (χ2v) is 5.26. The summed E-state index contributed by atoms with van der Waals surface area (Å²) in [7, 11) is 0. The number of halogens is 1. The van der Waals surface area contributed by atoms with Gasteiger partial charge in [0.25, 0.3) is 0 Å². The molecule has 2 nitrogen and oxygen atoms in total. The van der Waals surface area contributed by atoms with Gasteiger partial charge in [0.05, 0.1) is 6.54 Å². The fourth-order valence-corrected chi connectivity index (χ4v) is 2.78. The molecule has 0 bridgehead atoms. The first kappa shape index (κ1) is 14.9. The van der Waals surface area contributed by atoms with Gasteiger partial charge in [0.2, 0.25) is 0 Å². The van der Waals surface area contributed by atoms with Crippen molar-refractivity contribution < 1.29 is 9.13 Å². The molecule has 0 aliphatic heterocycles. The summed E-state index contributed by atoms with van der Waals surface area (Å²) in [4.78, 5) is 0. The quantitative estimate of drug-likeness (QED) is 0.857. The van der Waals surface area contributed by atoms with E-state index >= 15 is 0 Å². The smallest absolute Gasteiger partial charge is 0.165 e. The summed E-state index contributed by atoms with van der Waals surface area (Å²) in [6.07, 6.45) is 5.81. The Hall–Kier alpha value is -1.53. The molecule has 1 aliphatic carbocycles. The van der Waals surface area contributed by atoms with E-state index in [1.165, 1.54) is 18.9 Å². The third-order valence-electron chi connectivity index (χ3n) is 3.91. The molecule has 1 aliphatic rings. The number of hydrogen-bond donors (Lipinski definition) is 1. The highest BCUT2D eigenvalue weighted by molar-refractivity contribution is 5.40. The Kier molecular flexibility index (Phi) is 5.43. The van der Waals surface area contributed by atoms with Crippen LogP contribution in [-0.4, -0.2) is 12.6 Å². The first-order valence-corrected chi connectivity index (χ1v) is 7.39. The van der Waals surface area contributed by atoms with Crippen molar-refractivity contribution in [2.75, 3.05) is 6.54 Å². The van der Waals surface area contributed by atoms with Crippen LogP contribution in [0.4, 0.5) is 4.39 Å². The Bertz CT molecular complexity index is 503. The van der Waals surface area contributed by atoms with E-state index in [0.29, 0.717) is 18.2 Å². The molecule has 1 aromatic rings. The van der Waals surface area contributed by atoms with Crippen molar-refractivity contribution in [3.05, 3.63) is 29.6 Å². The molecular weight excluding hydrogens is 253 g/mol. The second kappa shape index (κ2) is 7.31. The maximum Gasteiger partial charge on any atom is 0.165 e. The Labute approximate surface area is 120 Å². The van der Waals surface area contributed by atoms with Crippen LogP contribution in [0.2, 0.25) is 0 Å². The van der Waals surface area contributed by atoms with Gasteiger partial charge >= 0.3 is 0 Å². The van der Waals surface area contributed by atoms with Gasteiger partial charge in [-0.15, -0.1) is 0 Å². The molecule has 2 rings (SSSR count). The van der Waals surface area contributed by atoms with Crippen molar-refractivity contribution >= 4 is 0 Å². The van der Waals surface area contributed by atoms with Crippen LogP contribution in [-0.2, 0) is 0 Å². The zero-order chi connectivity index (χ0) is 14.4. The third-order valence-corrected chi connectivity index (χ3v) is 3.91. The highest BCUT2D eigenvalue weighted by atomic mass is 19.1. The molecule has 2 N–H and O–H groups in total. The molecule has 0 aromatic heterocycles. The summed E-state index contributed by atoms with van der Waals surface area (Å²) in [6.45, 7) is 2.47. The van der Waals surface area contributed by atoms with Crippen molar-refractivity contribution in [2.24, 2.45) is 11.7 Å². The number of ether oxygens (including phenoxy) is 1. The van der Waals surface area contributed by atoms with Crippen LogP contribution in [0, 0.1) is 23.6 Å². The van der Waals surface area contributed by atoms with E-state index in [-0.39, 0.29) is 11.9 Å². The van der Waals surface area contributed by atoms with Gasteiger partial charge in [0.15, 0.2) is 11.6 Å². The van der Waals surface area contributed by atoms with E-state index in [1.807, 2.05) is 0 Å². The van der Waals surface area contributed by atoms with Gasteiger partial charge in [-0.2, -0.15) is 0 Å². The van der Waals surface area contributed by atoms with Gasteiger partial charge in [-0.3, -0.25) is 0 Å². The Morgan fingerprint density at radius 1 is 1.35 bits per heavy atom. The monoisotopic (exact) mass is 275 g/mol. The maximum absolute atomic E-state index is 13.9. The molecule has 0 spiro atoms. The number of benzene rings is 1. The van der Waals surface area contributed by atoms with Crippen molar-refractivity contribution in [3.8, 4) is 17.6 Å². The average Bonchev–Trinajstić information content (AvgIpc) is 2.48. The molecule has 0 saturated heterocycles. The summed E-state index contributed by atoms with van der Waals surface area (Å²) in [5, 5.41) is 0. The van der Waals surface area contributed by atoms with Crippen LogP contribution in [0.25, 0.3) is 0 Å². The third kappa shape index (κ3) is 3.74. The van der Waals surface area contributed by atoms with Crippen LogP contribution in [0.5, 0.6) is 5.75 Å². The molecule has 1 aromatic carbocycles. The molecule has 2 unspecified atom stereocenters. The van der Waals surface area contributed by atoms with Gasteiger partial charge in [-0.1, -0.05) is 25.2 Å². The molecule has 1 saturated carbocycles. The predicted molar refractivity (Wildman–Crippen MR) is 79.0 cm³/mol. The van der Waals surface area contributed by atoms with Gasteiger partial charge in [-0.05, 0) is 49.8 Å². The van der Waals surface area contributed by atoms with E-state index in [2.05, 4.69) is 18.8 Å². The molecule has 1 fully saturated rings. The molecule has 0 radical (unpaired) electrons. The lowest BCUT2D eigenvalue weighted by atomic mass is 9.85. The summed E-state index contributed by atoms with van der Waals surface area (Å²) in [6, 6.07) is 4.75. The minimum Gasteiger partial charge on any atom is -0.487 e. The summed E-state index contributed by atoms with van der Waals surface area (Å²) in [5.41, 5.74) is 6.10. The summed E-state index contributed by atoms with van der Waals surface area (Å²) < 4.78 is 19.8. The average molecular weight is 275 g/mol. The number of nitrogens with two attached hydrogens (primary N) is 1. The Morgan fingerprint density at radius 3 is 2.90 bits per heavy atom. The van der Waals surface area contributed by atoms with Crippen LogP contribution in [0.15, 0.2) is 18.2 Å². The molecule has 2 atom stereocenters. The maximum atomic E-state index is 13.9. The fraction of sp³-hybridized carbons (Fsp3) is 0.529. The molecule has 0 heterocycles. The SMILES string of the molecule is CCC1CCCCC1Oc1cc(C#CCN)ccc1F. The van der Waals surface area contributed by atoms with E-state index in [9.17, 15) is 4.39 Å². The normalized spacial score (nSPS) is 21.9. The van der Waals surface area contributed by atoms with Gasteiger partial charge in [-0.25, -0.2) is 4.39 Å². The molecule has 0 amide bonds. The molecule has 3 heteroatoms. The van der Waals surface area contributed by atoms with Crippen molar-refractivity contribution in [2.45, 2.75) is 45.1 Å². The van der Waals surface area contributed by atoms with Crippen LogP contribution in [0.1, 0.15) is 44.6 Å². The Balaban J connectivity index is 2.14. The van der Waals surface area contributed by atoms with Gasteiger partial charge < -0.3 is 10.5 Å². The van der Waals surface area contributed by atoms with Crippen molar-refractivity contribution in [3.63, 3.8) is 0 Å². The zero-order valence-electron chi connectivity index (χ0n) is 12.0. The summed E-state index contributed by atoms with van der Waals surface area (Å²) in [5.74, 6) is 6.22. The largest absolute Gasteiger partial charge is 0.487 e. The highest BCUT2D eigenvalue weighted by Gasteiger charge is 2.26. The molecule has 108 valence electrons. The van der Waals surface area contributed by atoms with Gasteiger partial charge in [0, 0.05) is 5.56 Å².